The SMILES string of the molecule is O=C(NCCC1=CCCCC1)c1nnc(Cc2ccccc2)o1. The molecule has 1 aromatic heterocycles. The molecular formula is C18H21N3O2. The molecule has 0 atom stereocenters. The van der Waals surface area contributed by atoms with E-state index >= 15 is 0 Å². The Balaban J connectivity index is 1.49. The second-order valence-corrected chi connectivity index (χ2v) is 5.78. The molecule has 0 fully saturated rings. The Morgan fingerprint density at radius 1 is 1.17 bits per heavy atom. The largest absolute Gasteiger partial charge is 0.417 e. The summed E-state index contributed by atoms with van der Waals surface area (Å²) in [6.45, 7) is 0.612. The molecule has 23 heavy (non-hydrogen) atoms. The van der Waals surface area contributed by atoms with Crippen molar-refractivity contribution in [2.75, 3.05) is 6.54 Å². The van der Waals surface area contributed by atoms with Gasteiger partial charge in [0.15, 0.2) is 0 Å². The van der Waals surface area contributed by atoms with Gasteiger partial charge in [-0.25, -0.2) is 0 Å². The number of nitrogens with one attached hydrogen (secondary N) is 1. The van der Waals surface area contributed by atoms with Crippen molar-refractivity contribution in [2.45, 2.75) is 38.5 Å². The third-order valence-corrected chi connectivity index (χ3v) is 3.98. The summed E-state index contributed by atoms with van der Waals surface area (Å²) in [4.78, 5) is 12.0. The zero-order chi connectivity index (χ0) is 15.9. The number of carbonyl (C=O) groups excluding carboxylic acids is 1. The van der Waals surface area contributed by atoms with E-state index in [1.165, 1.54) is 18.4 Å². The number of amides is 1. The van der Waals surface area contributed by atoms with Crippen LogP contribution in [0, 0.1) is 0 Å². The molecule has 1 heterocycles. The van der Waals surface area contributed by atoms with Crippen molar-refractivity contribution < 1.29 is 9.21 Å². The predicted octanol–water partition coefficient (Wildman–Crippen LogP) is 3.28. The van der Waals surface area contributed by atoms with E-state index in [2.05, 4.69) is 21.6 Å². The highest BCUT2D eigenvalue weighted by atomic mass is 16.4. The minimum atomic E-state index is -0.298. The Kier molecular flexibility index (Phi) is 5.19. The third kappa shape index (κ3) is 4.52. The summed E-state index contributed by atoms with van der Waals surface area (Å²) < 4.78 is 5.44. The molecule has 0 radical (unpaired) electrons. The van der Waals surface area contributed by atoms with Crippen molar-refractivity contribution in [3.05, 3.63) is 59.3 Å². The Hall–Kier alpha value is -2.43. The lowest BCUT2D eigenvalue weighted by molar-refractivity contribution is 0.0917. The van der Waals surface area contributed by atoms with Crippen LogP contribution in [-0.2, 0) is 6.42 Å². The zero-order valence-corrected chi connectivity index (χ0v) is 13.1. The van der Waals surface area contributed by atoms with E-state index in [9.17, 15) is 4.79 Å². The summed E-state index contributed by atoms with van der Waals surface area (Å²) in [6, 6.07) is 9.85. The van der Waals surface area contributed by atoms with Crippen molar-refractivity contribution in [3.63, 3.8) is 0 Å². The van der Waals surface area contributed by atoms with Crippen molar-refractivity contribution in [3.8, 4) is 0 Å². The lowest BCUT2D eigenvalue weighted by atomic mass is 9.97. The fraction of sp³-hybridized carbons (Fsp3) is 0.389. The molecule has 1 N–H and O–H groups in total. The number of rotatable bonds is 6. The number of hydrogen-bond acceptors (Lipinski definition) is 4. The van der Waals surface area contributed by atoms with Crippen LogP contribution >= 0.6 is 0 Å². The van der Waals surface area contributed by atoms with Gasteiger partial charge >= 0.3 is 11.8 Å². The van der Waals surface area contributed by atoms with Gasteiger partial charge in [0.05, 0.1) is 6.42 Å². The minimum absolute atomic E-state index is 0.0357. The van der Waals surface area contributed by atoms with Gasteiger partial charge in [0.1, 0.15) is 0 Å². The molecule has 0 saturated carbocycles. The Morgan fingerprint density at radius 2 is 2.04 bits per heavy atom. The molecule has 5 nitrogen and oxygen atoms in total. The number of benzene rings is 1. The molecule has 0 saturated heterocycles. The maximum atomic E-state index is 12.0. The lowest BCUT2D eigenvalue weighted by Gasteiger charge is -2.12. The Bertz CT molecular complexity index is 677. The van der Waals surface area contributed by atoms with Gasteiger partial charge in [-0.15, -0.1) is 10.2 Å². The fourth-order valence-corrected chi connectivity index (χ4v) is 2.73. The standard InChI is InChI=1S/C18H21N3O2/c22-17(19-12-11-14-7-3-1-4-8-14)18-21-20-16(23-18)13-15-9-5-2-6-10-15/h2,5-7,9-10H,1,3-4,8,11-13H2,(H,19,22). The fourth-order valence-electron chi connectivity index (χ4n) is 2.73. The average molecular weight is 311 g/mol. The second kappa shape index (κ2) is 7.72. The first kappa shape index (κ1) is 15.5. The summed E-state index contributed by atoms with van der Waals surface area (Å²) in [5, 5.41) is 10.6. The van der Waals surface area contributed by atoms with Gasteiger partial charge in [0, 0.05) is 6.54 Å². The first-order valence-corrected chi connectivity index (χ1v) is 8.13. The zero-order valence-electron chi connectivity index (χ0n) is 13.1. The Labute approximate surface area is 135 Å². The molecule has 0 bridgehead atoms. The predicted molar refractivity (Wildman–Crippen MR) is 87.0 cm³/mol. The van der Waals surface area contributed by atoms with Gasteiger partial charge in [0.2, 0.25) is 5.89 Å². The minimum Gasteiger partial charge on any atom is -0.417 e. The van der Waals surface area contributed by atoms with Crippen LogP contribution in [0.2, 0.25) is 0 Å². The quantitative estimate of drug-likeness (QED) is 0.831. The highest BCUT2D eigenvalue weighted by Gasteiger charge is 2.15. The molecule has 0 aliphatic heterocycles. The average Bonchev–Trinajstić information content (AvgIpc) is 3.05. The maximum absolute atomic E-state index is 12.0. The van der Waals surface area contributed by atoms with Gasteiger partial charge in [-0.1, -0.05) is 42.0 Å². The summed E-state index contributed by atoms with van der Waals surface area (Å²) in [5.41, 5.74) is 2.51. The van der Waals surface area contributed by atoms with Crippen LogP contribution in [0.5, 0.6) is 0 Å². The monoisotopic (exact) mass is 311 g/mol. The number of nitrogens with zero attached hydrogens (tertiary/aromatic N) is 2. The summed E-state index contributed by atoms with van der Waals surface area (Å²) in [5.74, 6) is 0.193. The van der Waals surface area contributed by atoms with Crippen LogP contribution in [0.1, 0.15) is 54.2 Å². The molecule has 0 spiro atoms. The molecule has 2 aromatic rings. The molecule has 1 aromatic carbocycles. The van der Waals surface area contributed by atoms with Crippen molar-refractivity contribution in [1.29, 1.82) is 0 Å². The highest BCUT2D eigenvalue weighted by Crippen LogP contribution is 2.19. The molecule has 1 amide bonds. The van der Waals surface area contributed by atoms with E-state index in [1.807, 2.05) is 30.3 Å². The molecule has 120 valence electrons. The van der Waals surface area contributed by atoms with Crippen molar-refractivity contribution >= 4 is 5.91 Å². The Morgan fingerprint density at radius 3 is 2.83 bits per heavy atom. The highest BCUT2D eigenvalue weighted by molar-refractivity contribution is 5.89. The second-order valence-electron chi connectivity index (χ2n) is 5.78. The van der Waals surface area contributed by atoms with E-state index in [1.54, 1.807) is 0 Å². The molecule has 5 heteroatoms. The molecule has 1 aliphatic carbocycles. The van der Waals surface area contributed by atoms with Crippen LogP contribution in [0.25, 0.3) is 0 Å². The summed E-state index contributed by atoms with van der Waals surface area (Å²) >= 11 is 0. The van der Waals surface area contributed by atoms with Crippen LogP contribution in [0.15, 0.2) is 46.4 Å². The van der Waals surface area contributed by atoms with Crippen molar-refractivity contribution in [2.24, 2.45) is 0 Å². The van der Waals surface area contributed by atoms with Crippen LogP contribution in [0.4, 0.5) is 0 Å². The first-order valence-electron chi connectivity index (χ1n) is 8.13. The number of aromatic nitrogens is 2. The summed E-state index contributed by atoms with van der Waals surface area (Å²) in [6.07, 6.45) is 8.58. The van der Waals surface area contributed by atoms with Gasteiger partial charge < -0.3 is 9.73 Å². The van der Waals surface area contributed by atoms with Gasteiger partial charge in [0.25, 0.3) is 0 Å². The van der Waals surface area contributed by atoms with Crippen molar-refractivity contribution in [1.82, 2.24) is 15.5 Å². The third-order valence-electron chi connectivity index (χ3n) is 3.98. The number of carbonyl (C=O) groups is 1. The van der Waals surface area contributed by atoms with Gasteiger partial charge in [-0.05, 0) is 37.7 Å². The van der Waals surface area contributed by atoms with Gasteiger partial charge in [-0.3, -0.25) is 4.79 Å². The van der Waals surface area contributed by atoms with E-state index in [0.29, 0.717) is 18.9 Å². The molecule has 1 aliphatic rings. The van der Waals surface area contributed by atoms with E-state index < -0.39 is 0 Å². The maximum Gasteiger partial charge on any atom is 0.308 e. The van der Waals surface area contributed by atoms with E-state index in [-0.39, 0.29) is 11.8 Å². The van der Waals surface area contributed by atoms with E-state index in [0.717, 1.165) is 24.8 Å². The van der Waals surface area contributed by atoms with E-state index in [4.69, 9.17) is 4.42 Å². The molecular weight excluding hydrogens is 290 g/mol. The normalized spacial score (nSPS) is 14.3. The summed E-state index contributed by atoms with van der Waals surface area (Å²) in [7, 11) is 0. The number of allylic oxidation sites excluding steroid dienone is 1. The smallest absolute Gasteiger partial charge is 0.308 e. The topological polar surface area (TPSA) is 68.0 Å². The first-order chi connectivity index (χ1) is 11.3. The van der Waals surface area contributed by atoms with Crippen LogP contribution in [-0.4, -0.2) is 22.6 Å². The molecule has 3 rings (SSSR count). The van der Waals surface area contributed by atoms with Crippen LogP contribution in [0.3, 0.4) is 0 Å². The van der Waals surface area contributed by atoms with Gasteiger partial charge in [-0.2, -0.15) is 0 Å². The number of hydrogen-bond donors (Lipinski definition) is 1. The lowest BCUT2D eigenvalue weighted by Crippen LogP contribution is -2.25. The molecule has 0 unspecified atom stereocenters. The van der Waals surface area contributed by atoms with Crippen LogP contribution < -0.4 is 5.32 Å².